The number of primary sulfonamides is 1. The summed E-state index contributed by atoms with van der Waals surface area (Å²) >= 11 is 3.36. The minimum absolute atomic E-state index is 0.0540. The lowest BCUT2D eigenvalue weighted by molar-refractivity contribution is -0.122. The topological polar surface area (TPSA) is 89.3 Å². The quantitative estimate of drug-likeness (QED) is 0.831. The fourth-order valence-corrected chi connectivity index (χ4v) is 2.66. The number of rotatable bonds is 5. The first-order valence-corrected chi connectivity index (χ1v) is 8.41. The Morgan fingerprint density at radius 2 is 2.00 bits per heavy atom. The van der Waals surface area contributed by atoms with E-state index in [-0.39, 0.29) is 30.0 Å². The highest BCUT2D eigenvalue weighted by atomic mass is 79.9. The number of benzene rings is 1. The molecule has 1 saturated carbocycles. The molecule has 0 bridgehead atoms. The van der Waals surface area contributed by atoms with Gasteiger partial charge in [-0.2, -0.15) is 0 Å². The van der Waals surface area contributed by atoms with Crippen molar-refractivity contribution in [3.05, 3.63) is 34.3 Å². The first-order chi connectivity index (χ1) is 8.87. The molecule has 104 valence electrons. The molecular weight excluding hydrogens is 332 g/mol. The third kappa shape index (κ3) is 4.29. The van der Waals surface area contributed by atoms with Crippen LogP contribution in [0.15, 0.2) is 28.7 Å². The fraction of sp³-hybridized carbons (Fsp3) is 0.417. The van der Waals surface area contributed by atoms with Crippen molar-refractivity contribution in [1.82, 2.24) is 5.32 Å². The van der Waals surface area contributed by atoms with E-state index in [0.29, 0.717) is 0 Å². The number of sulfonamides is 1. The van der Waals surface area contributed by atoms with Crippen LogP contribution in [0.2, 0.25) is 0 Å². The lowest BCUT2D eigenvalue weighted by Crippen LogP contribution is -2.32. The predicted molar refractivity (Wildman–Crippen MR) is 76.0 cm³/mol. The molecule has 1 aliphatic carbocycles. The Bertz CT molecular complexity index is 571. The summed E-state index contributed by atoms with van der Waals surface area (Å²) < 4.78 is 22.5. The highest BCUT2D eigenvalue weighted by Gasteiger charge is 2.43. The molecule has 5 nitrogen and oxygen atoms in total. The Kier molecular flexibility index (Phi) is 4.27. The van der Waals surface area contributed by atoms with Gasteiger partial charge in [0, 0.05) is 16.9 Å². The molecule has 2 rings (SSSR count). The highest BCUT2D eigenvalue weighted by molar-refractivity contribution is 9.10. The molecule has 0 saturated heterocycles. The highest BCUT2D eigenvalue weighted by Crippen LogP contribution is 2.47. The van der Waals surface area contributed by atoms with Crippen LogP contribution in [0.1, 0.15) is 17.9 Å². The van der Waals surface area contributed by atoms with Crippen molar-refractivity contribution in [3.63, 3.8) is 0 Å². The van der Waals surface area contributed by atoms with Gasteiger partial charge in [0.25, 0.3) is 0 Å². The lowest BCUT2D eigenvalue weighted by Gasteiger charge is -2.04. The van der Waals surface area contributed by atoms with Crippen molar-refractivity contribution in [3.8, 4) is 0 Å². The smallest absolute Gasteiger partial charge is 0.223 e. The number of nitrogens with two attached hydrogens (primary N) is 1. The van der Waals surface area contributed by atoms with Crippen molar-refractivity contribution in [2.24, 2.45) is 11.1 Å². The van der Waals surface area contributed by atoms with Crippen molar-refractivity contribution >= 4 is 31.9 Å². The normalized spacial score (nSPS) is 22.0. The average Bonchev–Trinajstić information content (AvgIpc) is 3.08. The molecule has 7 heteroatoms. The molecule has 0 aliphatic heterocycles. The van der Waals surface area contributed by atoms with E-state index in [1.165, 1.54) is 0 Å². The van der Waals surface area contributed by atoms with Crippen molar-refractivity contribution in [2.75, 3.05) is 12.3 Å². The molecule has 0 heterocycles. The molecule has 1 amide bonds. The molecule has 0 aromatic heterocycles. The van der Waals surface area contributed by atoms with Gasteiger partial charge < -0.3 is 5.32 Å². The number of hydrogen-bond donors (Lipinski definition) is 2. The van der Waals surface area contributed by atoms with Crippen molar-refractivity contribution in [2.45, 2.75) is 12.3 Å². The monoisotopic (exact) mass is 346 g/mol. The number of carbonyl (C=O) groups excluding carboxylic acids is 1. The van der Waals surface area contributed by atoms with E-state index in [2.05, 4.69) is 21.2 Å². The molecule has 1 aromatic carbocycles. The minimum Gasteiger partial charge on any atom is -0.355 e. The number of carbonyl (C=O) groups is 1. The van der Waals surface area contributed by atoms with E-state index in [1.807, 2.05) is 24.3 Å². The van der Waals surface area contributed by atoms with E-state index in [0.717, 1.165) is 16.5 Å². The predicted octanol–water partition coefficient (Wildman–Crippen LogP) is 0.957. The molecule has 2 atom stereocenters. The Hall–Kier alpha value is -0.920. The van der Waals surface area contributed by atoms with Gasteiger partial charge in [0.05, 0.1) is 5.75 Å². The molecular formula is C12H15BrN2O3S. The zero-order valence-electron chi connectivity index (χ0n) is 10.2. The zero-order valence-corrected chi connectivity index (χ0v) is 12.6. The molecule has 0 unspecified atom stereocenters. The summed E-state index contributed by atoms with van der Waals surface area (Å²) in [5.41, 5.74) is 1.13. The summed E-state index contributed by atoms with van der Waals surface area (Å²) in [5, 5.41) is 7.47. The molecule has 1 fully saturated rings. The van der Waals surface area contributed by atoms with E-state index < -0.39 is 10.0 Å². The largest absolute Gasteiger partial charge is 0.355 e. The molecule has 3 N–H and O–H groups in total. The second-order valence-corrected chi connectivity index (χ2v) is 7.31. The van der Waals surface area contributed by atoms with Gasteiger partial charge in [0.15, 0.2) is 0 Å². The summed E-state index contributed by atoms with van der Waals surface area (Å²) in [6.45, 7) is 0.0707. The van der Waals surface area contributed by atoms with Crippen LogP contribution < -0.4 is 10.5 Å². The van der Waals surface area contributed by atoms with Gasteiger partial charge in [-0.25, -0.2) is 13.6 Å². The summed E-state index contributed by atoms with van der Waals surface area (Å²) in [7, 11) is -3.52. The Balaban J connectivity index is 1.82. The van der Waals surface area contributed by atoms with Gasteiger partial charge in [0.2, 0.25) is 15.9 Å². The average molecular weight is 347 g/mol. The van der Waals surface area contributed by atoms with Crippen LogP contribution in [0.5, 0.6) is 0 Å². The van der Waals surface area contributed by atoms with E-state index in [1.54, 1.807) is 0 Å². The molecule has 1 aliphatic rings. The minimum atomic E-state index is -3.52. The summed E-state index contributed by atoms with van der Waals surface area (Å²) in [4.78, 5) is 11.8. The molecule has 1 aromatic rings. The number of amides is 1. The van der Waals surface area contributed by atoms with Gasteiger partial charge in [-0.05, 0) is 30.0 Å². The molecule has 0 radical (unpaired) electrons. The van der Waals surface area contributed by atoms with Gasteiger partial charge in [0.1, 0.15) is 0 Å². The third-order valence-corrected chi connectivity index (χ3v) is 4.41. The number of nitrogens with one attached hydrogen (secondary N) is 1. The van der Waals surface area contributed by atoms with Gasteiger partial charge in [-0.15, -0.1) is 0 Å². The first kappa shape index (κ1) is 14.5. The third-order valence-electron chi connectivity index (χ3n) is 3.11. The van der Waals surface area contributed by atoms with Crippen molar-refractivity contribution < 1.29 is 13.2 Å². The number of halogens is 1. The van der Waals surface area contributed by atoms with Crippen LogP contribution in [0, 0.1) is 5.92 Å². The van der Waals surface area contributed by atoms with E-state index >= 15 is 0 Å². The summed E-state index contributed by atoms with van der Waals surface area (Å²) in [6, 6.07) is 7.88. The van der Waals surface area contributed by atoms with Crippen LogP contribution in [0.3, 0.4) is 0 Å². The van der Waals surface area contributed by atoms with Crippen LogP contribution in [0.4, 0.5) is 0 Å². The maximum Gasteiger partial charge on any atom is 0.223 e. The summed E-state index contributed by atoms with van der Waals surface area (Å²) in [5.74, 6) is -0.144. The molecule has 19 heavy (non-hydrogen) atoms. The van der Waals surface area contributed by atoms with E-state index in [9.17, 15) is 13.2 Å². The van der Waals surface area contributed by atoms with Crippen LogP contribution in [-0.4, -0.2) is 26.6 Å². The SMILES string of the molecule is NS(=O)(=O)CCNC(=O)[C@H]1C[C@@H]1c1ccc(Br)cc1. The Labute approximate surface area is 120 Å². The maximum absolute atomic E-state index is 11.8. The van der Waals surface area contributed by atoms with Crippen LogP contribution in [-0.2, 0) is 14.8 Å². The van der Waals surface area contributed by atoms with Crippen molar-refractivity contribution in [1.29, 1.82) is 0 Å². The second-order valence-electron chi connectivity index (χ2n) is 4.66. The Morgan fingerprint density at radius 1 is 1.37 bits per heavy atom. The van der Waals surface area contributed by atoms with Gasteiger partial charge in [-0.3, -0.25) is 4.79 Å². The van der Waals surface area contributed by atoms with Crippen LogP contribution >= 0.6 is 15.9 Å². The number of hydrogen-bond acceptors (Lipinski definition) is 3. The van der Waals surface area contributed by atoms with Crippen LogP contribution in [0.25, 0.3) is 0 Å². The van der Waals surface area contributed by atoms with Gasteiger partial charge in [-0.1, -0.05) is 28.1 Å². The standard InChI is InChI=1S/C12H15BrN2O3S/c13-9-3-1-8(2-4-9)10-7-11(10)12(16)15-5-6-19(14,17)18/h1-4,10-11H,5-7H2,(H,15,16)(H2,14,17,18)/t10-,11+/m1/s1. The first-order valence-electron chi connectivity index (χ1n) is 5.90. The fourth-order valence-electron chi connectivity index (χ4n) is 2.01. The maximum atomic E-state index is 11.8. The van der Waals surface area contributed by atoms with Gasteiger partial charge >= 0.3 is 0 Å². The Morgan fingerprint density at radius 3 is 2.58 bits per heavy atom. The second kappa shape index (κ2) is 5.60. The zero-order chi connectivity index (χ0) is 14.0. The summed E-state index contributed by atoms with van der Waals surface area (Å²) in [6.07, 6.45) is 0.808. The molecule has 0 spiro atoms. The lowest BCUT2D eigenvalue weighted by atomic mass is 10.1. The van der Waals surface area contributed by atoms with E-state index in [4.69, 9.17) is 5.14 Å².